The lowest BCUT2D eigenvalue weighted by Gasteiger charge is -2.09. The lowest BCUT2D eigenvalue weighted by molar-refractivity contribution is 0.259. The molecule has 0 atom stereocenters. The van der Waals surface area contributed by atoms with Crippen LogP contribution in [-0.2, 0) is 0 Å². The molecule has 52 valence electrons. The molecule has 1 heterocycles. The first kappa shape index (κ1) is 6.99. The smallest absolute Gasteiger partial charge is 0.143 e. The molecule has 0 amide bonds. The number of rotatable bonds is 3. The van der Waals surface area contributed by atoms with Gasteiger partial charge in [-0.2, -0.15) is 0 Å². The van der Waals surface area contributed by atoms with Crippen LogP contribution in [0.1, 0.15) is 6.42 Å². The number of aliphatic hydroxyl groups is 1. The molecule has 1 aliphatic heterocycles. The van der Waals surface area contributed by atoms with Gasteiger partial charge in [-0.25, -0.2) is 0 Å². The summed E-state index contributed by atoms with van der Waals surface area (Å²) in [5.41, 5.74) is 0. The first-order valence-electron chi connectivity index (χ1n) is 3.28. The Morgan fingerprint density at radius 1 is 1.67 bits per heavy atom. The SMILES string of the molecule is OCCCN1[C]NCC1. The fraction of sp³-hybridized carbons (Fsp3) is 0.833. The van der Waals surface area contributed by atoms with Crippen molar-refractivity contribution < 1.29 is 5.11 Å². The number of hydrogen-bond acceptors (Lipinski definition) is 3. The molecule has 1 saturated heterocycles. The zero-order valence-electron chi connectivity index (χ0n) is 5.43. The molecule has 0 aromatic heterocycles. The van der Waals surface area contributed by atoms with Crippen molar-refractivity contribution in [2.75, 3.05) is 26.2 Å². The van der Waals surface area contributed by atoms with Crippen molar-refractivity contribution in [2.24, 2.45) is 0 Å². The summed E-state index contributed by atoms with van der Waals surface area (Å²) < 4.78 is 0. The molecule has 9 heavy (non-hydrogen) atoms. The first-order chi connectivity index (χ1) is 4.43. The van der Waals surface area contributed by atoms with Crippen LogP contribution in [0.3, 0.4) is 0 Å². The third kappa shape index (κ3) is 2.30. The number of nitrogens with zero attached hydrogens (tertiary/aromatic N) is 1. The summed E-state index contributed by atoms with van der Waals surface area (Å²) in [4.78, 5) is 2.05. The molecule has 1 aliphatic rings. The second-order valence-corrected chi connectivity index (χ2v) is 2.10. The van der Waals surface area contributed by atoms with Gasteiger partial charge in [0.2, 0.25) is 0 Å². The summed E-state index contributed by atoms with van der Waals surface area (Å²) in [7, 11) is 0. The van der Waals surface area contributed by atoms with Crippen molar-refractivity contribution in [1.29, 1.82) is 0 Å². The van der Waals surface area contributed by atoms with Gasteiger partial charge in [0.05, 0.1) is 0 Å². The molecule has 1 fully saturated rings. The van der Waals surface area contributed by atoms with E-state index in [-0.39, 0.29) is 6.61 Å². The van der Waals surface area contributed by atoms with Crippen LogP contribution in [0.4, 0.5) is 0 Å². The highest BCUT2D eigenvalue weighted by Crippen LogP contribution is 1.96. The van der Waals surface area contributed by atoms with Gasteiger partial charge in [0.25, 0.3) is 0 Å². The van der Waals surface area contributed by atoms with Crippen LogP contribution in [0.15, 0.2) is 0 Å². The maximum atomic E-state index is 8.45. The number of hydrogen-bond donors (Lipinski definition) is 2. The average molecular weight is 128 g/mol. The molecule has 0 saturated carbocycles. The van der Waals surface area contributed by atoms with Crippen LogP contribution in [0.25, 0.3) is 0 Å². The Bertz CT molecular complexity index is 71.5. The Morgan fingerprint density at radius 2 is 2.56 bits per heavy atom. The van der Waals surface area contributed by atoms with Crippen LogP contribution in [0.2, 0.25) is 0 Å². The van der Waals surface area contributed by atoms with Crippen molar-refractivity contribution in [2.45, 2.75) is 6.42 Å². The summed E-state index contributed by atoms with van der Waals surface area (Å²) >= 11 is 0. The molecule has 2 radical (unpaired) electrons. The van der Waals surface area contributed by atoms with Gasteiger partial charge < -0.3 is 5.11 Å². The van der Waals surface area contributed by atoms with Gasteiger partial charge in [-0.15, -0.1) is 0 Å². The van der Waals surface area contributed by atoms with E-state index in [1.807, 2.05) is 0 Å². The normalized spacial score (nSPS) is 21.0. The van der Waals surface area contributed by atoms with Crippen molar-refractivity contribution in [1.82, 2.24) is 10.2 Å². The quantitative estimate of drug-likeness (QED) is 0.526. The molecule has 2 N–H and O–H groups in total. The summed E-state index contributed by atoms with van der Waals surface area (Å²) in [6.45, 7) is 6.18. The van der Waals surface area contributed by atoms with Gasteiger partial charge in [0.1, 0.15) is 6.67 Å². The lowest BCUT2D eigenvalue weighted by atomic mass is 10.4. The summed E-state index contributed by atoms with van der Waals surface area (Å²) in [5.74, 6) is 0. The number of aliphatic hydroxyl groups excluding tert-OH is 1. The maximum Gasteiger partial charge on any atom is 0.143 e. The van der Waals surface area contributed by atoms with E-state index in [9.17, 15) is 0 Å². The van der Waals surface area contributed by atoms with E-state index in [2.05, 4.69) is 16.9 Å². The third-order valence-corrected chi connectivity index (χ3v) is 1.33. The molecule has 0 aliphatic carbocycles. The highest BCUT2D eigenvalue weighted by Gasteiger charge is 2.10. The van der Waals surface area contributed by atoms with E-state index in [4.69, 9.17) is 5.11 Å². The van der Waals surface area contributed by atoms with Crippen molar-refractivity contribution in [3.63, 3.8) is 0 Å². The molecule has 0 aromatic rings. The van der Waals surface area contributed by atoms with Gasteiger partial charge >= 0.3 is 0 Å². The zero-order chi connectivity index (χ0) is 6.53. The Labute approximate surface area is 55.7 Å². The second kappa shape index (κ2) is 3.82. The van der Waals surface area contributed by atoms with Gasteiger partial charge in [-0.1, -0.05) is 0 Å². The fourth-order valence-electron chi connectivity index (χ4n) is 0.844. The van der Waals surface area contributed by atoms with Gasteiger partial charge in [-0.05, 0) is 6.42 Å². The van der Waals surface area contributed by atoms with Crippen molar-refractivity contribution in [3.8, 4) is 0 Å². The molecule has 3 heteroatoms. The average Bonchev–Trinajstić information content (AvgIpc) is 2.34. The predicted octanol–water partition coefficient (Wildman–Crippen LogP) is -0.730. The molecule has 3 nitrogen and oxygen atoms in total. The Morgan fingerprint density at radius 3 is 3.11 bits per heavy atom. The third-order valence-electron chi connectivity index (χ3n) is 1.33. The van der Waals surface area contributed by atoms with E-state index < -0.39 is 0 Å². The first-order valence-corrected chi connectivity index (χ1v) is 3.28. The largest absolute Gasteiger partial charge is 0.396 e. The van der Waals surface area contributed by atoms with Gasteiger partial charge in [0.15, 0.2) is 0 Å². The van der Waals surface area contributed by atoms with E-state index in [1.54, 1.807) is 0 Å². The van der Waals surface area contributed by atoms with Crippen molar-refractivity contribution in [3.05, 3.63) is 6.67 Å². The minimum absolute atomic E-state index is 0.276. The van der Waals surface area contributed by atoms with E-state index in [1.165, 1.54) is 0 Å². The topological polar surface area (TPSA) is 35.5 Å². The number of nitrogens with one attached hydrogen (secondary N) is 1. The van der Waals surface area contributed by atoms with E-state index in [0.717, 1.165) is 26.1 Å². The van der Waals surface area contributed by atoms with Crippen LogP contribution in [-0.4, -0.2) is 36.2 Å². The summed E-state index contributed by atoms with van der Waals surface area (Å²) in [6.07, 6.45) is 0.842. The minimum atomic E-state index is 0.276. The van der Waals surface area contributed by atoms with Crippen LogP contribution >= 0.6 is 0 Å². The highest BCUT2D eigenvalue weighted by atomic mass is 16.3. The minimum Gasteiger partial charge on any atom is -0.396 e. The van der Waals surface area contributed by atoms with Gasteiger partial charge in [-0.3, -0.25) is 10.2 Å². The molecule has 0 unspecified atom stereocenters. The van der Waals surface area contributed by atoms with Crippen LogP contribution in [0, 0.1) is 6.67 Å². The monoisotopic (exact) mass is 128 g/mol. The Balaban J connectivity index is 1.98. The van der Waals surface area contributed by atoms with E-state index in [0.29, 0.717) is 0 Å². The maximum absolute atomic E-state index is 8.45. The standard InChI is InChI=1S/C6H12N2O/c9-5-1-3-8-4-2-7-6-8/h7,9H,1-5H2. The second-order valence-electron chi connectivity index (χ2n) is 2.10. The van der Waals surface area contributed by atoms with Crippen LogP contribution < -0.4 is 5.32 Å². The van der Waals surface area contributed by atoms with Crippen molar-refractivity contribution >= 4 is 0 Å². The highest BCUT2D eigenvalue weighted by molar-refractivity contribution is 4.74. The van der Waals surface area contributed by atoms with Gasteiger partial charge in [0, 0.05) is 26.2 Å². The summed E-state index contributed by atoms with van der Waals surface area (Å²) in [5, 5.41) is 11.4. The molecular formula is C6H12N2O. The Kier molecular flexibility index (Phi) is 2.97. The molecular weight excluding hydrogens is 116 g/mol. The zero-order valence-corrected chi connectivity index (χ0v) is 5.43. The molecule has 1 rings (SSSR count). The van der Waals surface area contributed by atoms with Crippen LogP contribution in [0.5, 0.6) is 0 Å². The lowest BCUT2D eigenvalue weighted by Crippen LogP contribution is -2.19. The Hall–Kier alpha value is -0.120. The molecule has 0 bridgehead atoms. The predicted molar refractivity (Wildman–Crippen MR) is 34.5 cm³/mol. The molecule has 0 spiro atoms. The summed E-state index contributed by atoms with van der Waals surface area (Å²) in [6, 6.07) is 0. The van der Waals surface area contributed by atoms with E-state index >= 15 is 0 Å². The fourth-order valence-corrected chi connectivity index (χ4v) is 0.844. The molecule has 0 aromatic carbocycles.